The third-order valence-corrected chi connectivity index (χ3v) is 8.08. The standard InChI is InChI=1S/C26H26Br2O6/c1-15-14-31-25(32-15)12-20(16-4-8-18(27)9-5-16)26(22(29)33-24(2,3)34-23(26)30)21(13-25)17-6-10-19(28)11-7-17/h4-11,15,20-21H,12-14H2,1-3H3/t15-,20?,21?,25?/m0/s1. The predicted octanol–water partition coefficient (Wildman–Crippen LogP) is 5.83. The second-order valence-corrected chi connectivity index (χ2v) is 11.6. The molecule has 2 heterocycles. The van der Waals surface area contributed by atoms with E-state index in [1.54, 1.807) is 13.8 Å². The van der Waals surface area contributed by atoms with Crippen LogP contribution in [0.4, 0.5) is 0 Å². The number of hydrogen-bond donors (Lipinski definition) is 0. The molecule has 2 aromatic carbocycles. The number of halogens is 2. The van der Waals surface area contributed by atoms with E-state index in [0.717, 1.165) is 20.1 Å². The van der Waals surface area contributed by atoms with Crippen molar-refractivity contribution in [2.75, 3.05) is 6.61 Å². The molecule has 5 rings (SSSR count). The van der Waals surface area contributed by atoms with Crippen molar-refractivity contribution >= 4 is 43.8 Å². The van der Waals surface area contributed by atoms with Crippen molar-refractivity contribution in [2.24, 2.45) is 5.41 Å². The summed E-state index contributed by atoms with van der Waals surface area (Å²) in [5.74, 6) is -4.56. The maximum absolute atomic E-state index is 13.9. The summed E-state index contributed by atoms with van der Waals surface area (Å²) < 4.78 is 25.9. The van der Waals surface area contributed by atoms with Gasteiger partial charge in [-0.25, -0.2) is 0 Å². The second kappa shape index (κ2) is 8.43. The number of carbonyl (C=O) groups excluding carboxylic acids is 2. The minimum absolute atomic E-state index is 0.0885. The van der Waals surface area contributed by atoms with Gasteiger partial charge in [0, 0.05) is 47.5 Å². The third kappa shape index (κ3) is 3.92. The van der Waals surface area contributed by atoms with Crippen LogP contribution in [0.1, 0.15) is 56.6 Å². The lowest BCUT2D eigenvalue weighted by molar-refractivity contribution is -0.269. The van der Waals surface area contributed by atoms with E-state index in [1.807, 2.05) is 55.5 Å². The van der Waals surface area contributed by atoms with Gasteiger partial charge in [-0.05, 0) is 42.3 Å². The molecule has 1 saturated carbocycles. The normalized spacial score (nSPS) is 32.0. The summed E-state index contributed by atoms with van der Waals surface area (Å²) in [6, 6.07) is 15.3. The van der Waals surface area contributed by atoms with E-state index in [0.29, 0.717) is 19.4 Å². The number of benzene rings is 2. The molecule has 180 valence electrons. The van der Waals surface area contributed by atoms with Crippen LogP contribution in [0.15, 0.2) is 57.5 Å². The van der Waals surface area contributed by atoms with Crippen molar-refractivity contribution in [3.63, 3.8) is 0 Å². The molecular formula is C26H26Br2O6. The fourth-order valence-electron chi connectivity index (χ4n) is 5.63. The summed E-state index contributed by atoms with van der Waals surface area (Å²) >= 11 is 6.96. The van der Waals surface area contributed by atoms with Crippen molar-refractivity contribution < 1.29 is 28.5 Å². The van der Waals surface area contributed by atoms with Crippen LogP contribution in [0.2, 0.25) is 0 Å². The molecule has 2 aromatic rings. The van der Waals surface area contributed by atoms with Crippen LogP contribution in [0.3, 0.4) is 0 Å². The molecule has 2 unspecified atom stereocenters. The molecule has 3 aliphatic rings. The average molecular weight is 594 g/mol. The van der Waals surface area contributed by atoms with Crippen LogP contribution in [0.25, 0.3) is 0 Å². The van der Waals surface area contributed by atoms with Gasteiger partial charge in [0.2, 0.25) is 0 Å². The number of esters is 2. The SMILES string of the molecule is C[C@H]1COC2(CC(c3ccc(Br)cc3)C3(C(=O)OC(C)(C)OC3=O)C(c3ccc(Br)cc3)C2)O1. The Bertz CT molecular complexity index is 1030. The Kier molecular flexibility index (Phi) is 5.95. The summed E-state index contributed by atoms with van der Waals surface area (Å²) in [6.07, 6.45) is 0.571. The molecule has 2 spiro atoms. The van der Waals surface area contributed by atoms with Gasteiger partial charge >= 0.3 is 11.9 Å². The number of ether oxygens (including phenoxy) is 4. The van der Waals surface area contributed by atoms with E-state index in [2.05, 4.69) is 31.9 Å². The zero-order chi connectivity index (χ0) is 24.3. The Morgan fingerprint density at radius 3 is 1.62 bits per heavy atom. The predicted molar refractivity (Wildman–Crippen MR) is 131 cm³/mol. The molecule has 6 nitrogen and oxygen atoms in total. The van der Waals surface area contributed by atoms with Gasteiger partial charge < -0.3 is 18.9 Å². The number of rotatable bonds is 2. The highest BCUT2D eigenvalue weighted by Gasteiger charge is 2.70. The van der Waals surface area contributed by atoms with Gasteiger partial charge in [-0.1, -0.05) is 56.1 Å². The van der Waals surface area contributed by atoms with Gasteiger partial charge in [0.1, 0.15) is 0 Å². The molecule has 0 N–H and O–H groups in total. The smallest absolute Gasteiger partial charge is 0.328 e. The van der Waals surface area contributed by atoms with Gasteiger partial charge in [0.15, 0.2) is 11.2 Å². The van der Waals surface area contributed by atoms with Crippen LogP contribution in [0.5, 0.6) is 0 Å². The molecule has 8 heteroatoms. The molecule has 3 fully saturated rings. The van der Waals surface area contributed by atoms with Gasteiger partial charge in [-0.15, -0.1) is 0 Å². The molecule has 0 radical (unpaired) electrons. The molecule has 34 heavy (non-hydrogen) atoms. The number of cyclic esters (lactones) is 2. The van der Waals surface area contributed by atoms with Gasteiger partial charge in [-0.2, -0.15) is 0 Å². The highest BCUT2D eigenvalue weighted by atomic mass is 79.9. The molecule has 1 aliphatic carbocycles. The number of carbonyl (C=O) groups is 2. The lowest BCUT2D eigenvalue weighted by Crippen LogP contribution is -2.63. The van der Waals surface area contributed by atoms with Crippen LogP contribution < -0.4 is 0 Å². The monoisotopic (exact) mass is 592 g/mol. The van der Waals surface area contributed by atoms with Crippen LogP contribution in [-0.2, 0) is 28.5 Å². The third-order valence-electron chi connectivity index (χ3n) is 7.02. The van der Waals surface area contributed by atoms with E-state index in [1.165, 1.54) is 0 Å². The molecule has 0 aromatic heterocycles. The Labute approximate surface area is 215 Å². The molecule has 0 amide bonds. The Balaban J connectivity index is 1.73. The summed E-state index contributed by atoms with van der Waals surface area (Å²) in [6.45, 7) is 5.57. The fraction of sp³-hybridized carbons (Fsp3) is 0.462. The molecule has 2 saturated heterocycles. The molecule has 3 atom stereocenters. The largest absolute Gasteiger partial charge is 0.422 e. The van der Waals surface area contributed by atoms with Gasteiger partial charge in [0.25, 0.3) is 5.79 Å². The quantitative estimate of drug-likeness (QED) is 0.322. The summed E-state index contributed by atoms with van der Waals surface area (Å²) in [7, 11) is 0. The van der Waals surface area contributed by atoms with E-state index in [-0.39, 0.29) is 6.10 Å². The highest BCUT2D eigenvalue weighted by molar-refractivity contribution is 9.10. The maximum atomic E-state index is 13.9. The van der Waals surface area contributed by atoms with Crippen molar-refractivity contribution in [2.45, 2.75) is 63.1 Å². The van der Waals surface area contributed by atoms with E-state index in [9.17, 15) is 9.59 Å². The first-order valence-corrected chi connectivity index (χ1v) is 12.9. The van der Waals surface area contributed by atoms with E-state index < -0.39 is 40.8 Å². The van der Waals surface area contributed by atoms with Crippen LogP contribution in [-0.4, -0.2) is 36.2 Å². The topological polar surface area (TPSA) is 71.1 Å². The first-order chi connectivity index (χ1) is 16.0. The molecule has 2 aliphatic heterocycles. The zero-order valence-electron chi connectivity index (χ0n) is 19.2. The first kappa shape index (κ1) is 24.0. The minimum Gasteiger partial charge on any atom is -0.422 e. The molecular weight excluding hydrogens is 568 g/mol. The first-order valence-electron chi connectivity index (χ1n) is 11.3. The maximum Gasteiger partial charge on any atom is 0.328 e. The Hall–Kier alpha value is -1.74. The Morgan fingerprint density at radius 2 is 1.24 bits per heavy atom. The van der Waals surface area contributed by atoms with Crippen molar-refractivity contribution in [3.05, 3.63) is 68.6 Å². The van der Waals surface area contributed by atoms with Crippen molar-refractivity contribution in [3.8, 4) is 0 Å². The van der Waals surface area contributed by atoms with Gasteiger partial charge in [0.05, 0.1) is 12.7 Å². The lowest BCUT2D eigenvalue weighted by atomic mass is 9.54. The average Bonchev–Trinajstić information content (AvgIpc) is 3.12. The Morgan fingerprint density at radius 1 is 0.794 bits per heavy atom. The fourth-order valence-corrected chi connectivity index (χ4v) is 6.16. The van der Waals surface area contributed by atoms with Crippen LogP contribution >= 0.6 is 31.9 Å². The van der Waals surface area contributed by atoms with Crippen molar-refractivity contribution in [1.82, 2.24) is 0 Å². The van der Waals surface area contributed by atoms with Crippen molar-refractivity contribution in [1.29, 1.82) is 0 Å². The van der Waals surface area contributed by atoms with E-state index >= 15 is 0 Å². The van der Waals surface area contributed by atoms with E-state index in [4.69, 9.17) is 18.9 Å². The summed E-state index contributed by atoms with van der Waals surface area (Å²) in [5.41, 5.74) is 0.0653. The zero-order valence-corrected chi connectivity index (χ0v) is 22.3. The summed E-state index contributed by atoms with van der Waals surface area (Å²) in [4.78, 5) is 27.9. The summed E-state index contributed by atoms with van der Waals surface area (Å²) in [5, 5.41) is 0. The molecule has 0 bridgehead atoms. The highest BCUT2D eigenvalue weighted by Crippen LogP contribution is 2.62. The number of hydrogen-bond acceptors (Lipinski definition) is 6. The van der Waals surface area contributed by atoms with Crippen LogP contribution in [0, 0.1) is 5.41 Å². The minimum atomic E-state index is -1.58. The lowest BCUT2D eigenvalue weighted by Gasteiger charge is -2.54. The van der Waals surface area contributed by atoms with Gasteiger partial charge in [-0.3, -0.25) is 9.59 Å². The second-order valence-electron chi connectivity index (χ2n) is 9.81.